The van der Waals surface area contributed by atoms with Crippen LogP contribution in [-0.4, -0.2) is 61.0 Å². The van der Waals surface area contributed by atoms with E-state index in [0.717, 1.165) is 0 Å². The zero-order chi connectivity index (χ0) is 28.9. The molecular formula is C29H39ClFN3O6. The minimum atomic E-state index is -0.669. The third-order valence-corrected chi connectivity index (χ3v) is 6.47. The molecule has 0 unspecified atom stereocenters. The first-order chi connectivity index (χ1) is 18.4. The van der Waals surface area contributed by atoms with Gasteiger partial charge in [0.15, 0.2) is 23.1 Å². The van der Waals surface area contributed by atoms with Gasteiger partial charge in [-0.1, -0.05) is 20.8 Å². The fraction of sp³-hybridized carbons (Fsp3) is 0.483. The first kappa shape index (κ1) is 32.8. The Balaban J connectivity index is 0.00000560. The van der Waals surface area contributed by atoms with Crippen molar-refractivity contribution in [1.82, 2.24) is 10.2 Å². The molecule has 0 spiro atoms. The second kappa shape index (κ2) is 13.8. The van der Waals surface area contributed by atoms with Crippen molar-refractivity contribution in [3.63, 3.8) is 0 Å². The van der Waals surface area contributed by atoms with Crippen LogP contribution >= 0.6 is 12.4 Å². The number of methoxy groups -OCH3 is 1. The number of amidine groups is 1. The van der Waals surface area contributed by atoms with Gasteiger partial charge >= 0.3 is 5.97 Å². The van der Waals surface area contributed by atoms with Crippen LogP contribution in [0.15, 0.2) is 18.2 Å². The van der Waals surface area contributed by atoms with E-state index in [-0.39, 0.29) is 85.5 Å². The molecule has 3 N–H and O–H groups in total. The summed E-state index contributed by atoms with van der Waals surface area (Å²) in [4.78, 5) is 26.4. The highest BCUT2D eigenvalue weighted by atomic mass is 35.5. The lowest BCUT2D eigenvalue weighted by Crippen LogP contribution is -2.31. The van der Waals surface area contributed by atoms with Crippen LogP contribution in [0.3, 0.4) is 0 Å². The number of Topliss-reactive ketones (excluding diaryl/α,β-unsaturated/α-hetero) is 1. The van der Waals surface area contributed by atoms with E-state index in [0.29, 0.717) is 35.4 Å². The molecule has 2 aromatic carbocycles. The number of fused-ring (bicyclic) bond motifs is 1. The Bertz CT molecular complexity index is 1260. The third kappa shape index (κ3) is 7.22. The molecular weight excluding hydrogens is 541 g/mol. The van der Waals surface area contributed by atoms with Crippen LogP contribution in [0, 0.1) is 11.2 Å². The van der Waals surface area contributed by atoms with E-state index in [4.69, 9.17) is 14.9 Å². The number of carbonyl (C=O) groups excluding carboxylic acids is 2. The number of hydrogen-bond donors (Lipinski definition) is 3. The monoisotopic (exact) mass is 579 g/mol. The molecule has 1 heterocycles. The van der Waals surface area contributed by atoms with Gasteiger partial charge in [-0.15, -0.1) is 12.4 Å². The number of rotatable bonds is 12. The van der Waals surface area contributed by atoms with Gasteiger partial charge in [-0.3, -0.25) is 15.0 Å². The molecule has 40 heavy (non-hydrogen) atoms. The molecule has 1 aliphatic rings. The van der Waals surface area contributed by atoms with Crippen LogP contribution in [0.1, 0.15) is 73.7 Å². The minimum Gasteiger partial charge on any atom is -0.507 e. The van der Waals surface area contributed by atoms with Crippen LogP contribution in [0.2, 0.25) is 0 Å². The molecule has 220 valence electrons. The first-order valence-electron chi connectivity index (χ1n) is 13.0. The average molecular weight is 580 g/mol. The van der Waals surface area contributed by atoms with Crippen LogP contribution in [0.25, 0.3) is 0 Å². The lowest BCUT2D eigenvalue weighted by Gasteiger charge is -2.24. The Hall–Kier alpha value is -3.37. The van der Waals surface area contributed by atoms with Crippen molar-refractivity contribution >= 4 is 30.0 Å². The number of esters is 1. The van der Waals surface area contributed by atoms with Crippen molar-refractivity contribution in [1.29, 1.82) is 5.41 Å². The highest BCUT2D eigenvalue weighted by molar-refractivity contribution is 6.06. The van der Waals surface area contributed by atoms with Gasteiger partial charge in [-0.2, -0.15) is 0 Å². The Morgan fingerprint density at radius 3 is 2.42 bits per heavy atom. The second-order valence-electron chi connectivity index (χ2n) is 10.3. The number of phenolic OH excluding ortho intramolecular Hbond substituents is 1. The molecule has 9 nitrogen and oxygen atoms in total. The maximum Gasteiger partial charge on any atom is 0.306 e. The van der Waals surface area contributed by atoms with Gasteiger partial charge in [0, 0.05) is 36.3 Å². The van der Waals surface area contributed by atoms with Crippen LogP contribution in [0.5, 0.6) is 17.2 Å². The largest absolute Gasteiger partial charge is 0.507 e. The maximum absolute atomic E-state index is 15.4. The van der Waals surface area contributed by atoms with Gasteiger partial charge in [-0.05, 0) is 43.0 Å². The van der Waals surface area contributed by atoms with Gasteiger partial charge < -0.3 is 29.5 Å². The molecule has 0 aliphatic carbocycles. The van der Waals surface area contributed by atoms with Crippen molar-refractivity contribution in [2.45, 2.75) is 59.5 Å². The summed E-state index contributed by atoms with van der Waals surface area (Å²) in [6, 6.07) is 4.96. The summed E-state index contributed by atoms with van der Waals surface area (Å²) >= 11 is 0. The molecule has 0 radical (unpaired) electrons. The number of ether oxygens (including phenoxy) is 3. The van der Waals surface area contributed by atoms with E-state index in [1.54, 1.807) is 32.0 Å². The Morgan fingerprint density at radius 2 is 1.82 bits per heavy atom. The summed E-state index contributed by atoms with van der Waals surface area (Å²) in [7, 11) is 1.32. The molecule has 2 aromatic rings. The van der Waals surface area contributed by atoms with Crippen LogP contribution < -0.4 is 14.8 Å². The van der Waals surface area contributed by atoms with Crippen molar-refractivity contribution in [3.8, 4) is 17.2 Å². The number of phenols is 1. The van der Waals surface area contributed by atoms with Crippen molar-refractivity contribution in [2.24, 2.45) is 0 Å². The van der Waals surface area contributed by atoms with E-state index >= 15 is 4.39 Å². The fourth-order valence-electron chi connectivity index (χ4n) is 4.50. The molecule has 0 saturated carbocycles. The Kier molecular flexibility index (Phi) is 11.3. The molecule has 0 amide bonds. The number of ketones is 1. The topological polar surface area (TPSA) is 121 Å². The number of nitrogens with one attached hydrogen (secondary N) is 2. The van der Waals surface area contributed by atoms with Gasteiger partial charge in [0.2, 0.25) is 0 Å². The van der Waals surface area contributed by atoms with E-state index in [1.165, 1.54) is 12.0 Å². The highest BCUT2D eigenvalue weighted by Gasteiger charge is 2.33. The molecule has 3 rings (SSSR count). The van der Waals surface area contributed by atoms with E-state index in [2.05, 4.69) is 10.1 Å². The maximum atomic E-state index is 15.4. The summed E-state index contributed by atoms with van der Waals surface area (Å²) in [5.41, 5.74) is 1.69. The molecule has 11 heteroatoms. The lowest BCUT2D eigenvalue weighted by molar-refractivity contribution is -0.140. The molecule has 0 atom stereocenters. The third-order valence-electron chi connectivity index (χ3n) is 6.47. The Morgan fingerprint density at radius 1 is 1.15 bits per heavy atom. The van der Waals surface area contributed by atoms with E-state index in [9.17, 15) is 14.7 Å². The van der Waals surface area contributed by atoms with E-state index < -0.39 is 11.2 Å². The first-order valence-corrected chi connectivity index (χ1v) is 13.0. The zero-order valence-corrected chi connectivity index (χ0v) is 24.7. The quantitative estimate of drug-likeness (QED) is 0.188. The van der Waals surface area contributed by atoms with Gasteiger partial charge in [0.1, 0.15) is 11.6 Å². The molecule has 0 saturated heterocycles. The number of benzene rings is 2. The normalized spacial score (nSPS) is 12.6. The summed E-state index contributed by atoms with van der Waals surface area (Å²) in [6.45, 7) is 10.5. The predicted octanol–water partition coefficient (Wildman–Crippen LogP) is 4.72. The van der Waals surface area contributed by atoms with Crippen molar-refractivity contribution < 1.29 is 33.3 Å². The molecule has 0 bridgehead atoms. The molecule has 1 aliphatic heterocycles. The number of halogens is 2. The zero-order valence-electron chi connectivity index (χ0n) is 23.9. The van der Waals surface area contributed by atoms with Crippen molar-refractivity contribution in [3.05, 3.63) is 51.8 Å². The summed E-state index contributed by atoms with van der Waals surface area (Å²) in [6.07, 6.45) is 0.173. The number of carbonyl (C=O) groups is 2. The average Bonchev–Trinajstić information content (AvgIpc) is 3.18. The smallest absolute Gasteiger partial charge is 0.306 e. The van der Waals surface area contributed by atoms with Crippen molar-refractivity contribution in [2.75, 3.05) is 33.4 Å². The lowest BCUT2D eigenvalue weighted by atomic mass is 9.83. The molecule has 0 aromatic heterocycles. The van der Waals surface area contributed by atoms with Gasteiger partial charge in [-0.25, -0.2) is 4.39 Å². The summed E-state index contributed by atoms with van der Waals surface area (Å²) in [5, 5.41) is 22.7. The predicted molar refractivity (Wildman–Crippen MR) is 153 cm³/mol. The number of hydrogen-bond acceptors (Lipinski definition) is 8. The Labute approximate surface area is 240 Å². The van der Waals surface area contributed by atoms with Gasteiger partial charge in [0.05, 0.1) is 38.9 Å². The number of nitrogens with zero attached hydrogens (tertiary/aromatic N) is 1. The standard InChI is InChI=1S/C29H38FN3O6.ClH/c1-7-38-22-13-19-15-33(28(31)24(19)25(30)27(22)39-8-2)16-21(34)17-11-18(14-32-10-9-23(35)37-6)26(36)20(12-17)29(3,4)5;/h11-13,31-32,36H,7-10,14-16H2,1-6H3;1H. The summed E-state index contributed by atoms with van der Waals surface area (Å²) in [5.74, 6) is -1.07. The van der Waals surface area contributed by atoms with Crippen LogP contribution in [-0.2, 0) is 28.0 Å². The van der Waals surface area contributed by atoms with E-state index in [1.807, 2.05) is 20.8 Å². The minimum absolute atomic E-state index is 0. The van der Waals surface area contributed by atoms with Gasteiger partial charge in [0.25, 0.3) is 0 Å². The number of aromatic hydroxyl groups is 1. The fourth-order valence-corrected chi connectivity index (χ4v) is 4.50. The summed E-state index contributed by atoms with van der Waals surface area (Å²) < 4.78 is 31.1. The molecule has 0 fully saturated rings. The van der Waals surface area contributed by atoms with Crippen LogP contribution in [0.4, 0.5) is 4.39 Å². The second-order valence-corrected chi connectivity index (χ2v) is 10.3. The highest BCUT2D eigenvalue weighted by Crippen LogP contribution is 2.39. The SMILES string of the molecule is CCOc1cc2c(c(F)c1OCC)C(=N)N(CC(=O)c1cc(CNCCC(=O)OC)c(O)c(C(C)(C)C)c1)C2.Cl.